The summed E-state index contributed by atoms with van der Waals surface area (Å²) in [7, 11) is 0. The zero-order chi connectivity index (χ0) is 27.5. The molecule has 3 heterocycles. The van der Waals surface area contributed by atoms with Gasteiger partial charge in [-0.05, 0) is 31.1 Å². The second kappa shape index (κ2) is 12.4. The van der Waals surface area contributed by atoms with Crippen molar-refractivity contribution in [3.8, 4) is 0 Å². The summed E-state index contributed by atoms with van der Waals surface area (Å²) in [5.74, 6) is -1.19. The number of amides is 3. The molecule has 37 heavy (non-hydrogen) atoms. The molecule has 0 saturated carbocycles. The molecule has 3 rings (SSSR count). The topological polar surface area (TPSA) is 81.2 Å². The molecule has 3 aliphatic rings. The number of rotatable bonds is 14. The molecular formula is C29H47N3O4S. The highest BCUT2D eigenvalue weighted by molar-refractivity contribution is 8.02. The molecule has 0 aliphatic carbocycles. The Morgan fingerprint density at radius 3 is 2.27 bits per heavy atom. The normalized spacial score (nSPS) is 30.9. The van der Waals surface area contributed by atoms with E-state index >= 15 is 0 Å². The van der Waals surface area contributed by atoms with Gasteiger partial charge in [-0.1, -0.05) is 53.2 Å². The summed E-state index contributed by atoms with van der Waals surface area (Å²) in [5, 5.41) is 10.4. The van der Waals surface area contributed by atoms with Crippen LogP contribution in [-0.2, 0) is 14.4 Å². The van der Waals surface area contributed by atoms with Crippen LogP contribution in [0.1, 0.15) is 60.3 Å². The van der Waals surface area contributed by atoms with Crippen LogP contribution in [0.3, 0.4) is 0 Å². The quantitative estimate of drug-likeness (QED) is 0.345. The lowest BCUT2D eigenvalue weighted by molar-refractivity contribution is -0.148. The summed E-state index contributed by atoms with van der Waals surface area (Å²) >= 11 is 1.70. The van der Waals surface area contributed by atoms with Crippen molar-refractivity contribution in [1.82, 2.24) is 14.7 Å². The maximum absolute atomic E-state index is 14.4. The SMILES string of the molecule is C=CCN(CCCC)C(=O)C1N([C@@H](CO)C(C)C)C(=O)[C@@H]2[C@@H](C(=O)N(CC=C)CCC)[C@H]3CC(C)C12S3. The highest BCUT2D eigenvalue weighted by Gasteiger charge is 2.77. The number of likely N-dealkylation sites (tertiary alicyclic amines) is 1. The molecule has 208 valence electrons. The lowest BCUT2D eigenvalue weighted by Crippen LogP contribution is -2.60. The van der Waals surface area contributed by atoms with Gasteiger partial charge in [-0.3, -0.25) is 14.4 Å². The minimum absolute atomic E-state index is 0.00144. The molecule has 0 aromatic heterocycles. The van der Waals surface area contributed by atoms with Crippen LogP contribution >= 0.6 is 11.8 Å². The molecule has 8 heteroatoms. The number of carbonyl (C=O) groups excluding carboxylic acids is 3. The Morgan fingerprint density at radius 2 is 1.76 bits per heavy atom. The lowest BCUT2D eigenvalue weighted by atomic mass is 9.65. The molecule has 7 atom stereocenters. The number of thioether (sulfide) groups is 1. The third kappa shape index (κ3) is 5.00. The van der Waals surface area contributed by atoms with Gasteiger partial charge in [-0.25, -0.2) is 0 Å². The van der Waals surface area contributed by atoms with Crippen LogP contribution in [0.5, 0.6) is 0 Å². The number of hydrogen-bond acceptors (Lipinski definition) is 5. The standard InChI is InChI=1S/C29H47N3O4S/c1-8-12-16-31(15-11-4)28(36)25-29-20(7)17-22(37-29)23(26(34)30(13-9-2)14-10-3)24(29)27(35)32(25)21(18-33)19(5)6/h9,11,19-25,33H,2,4,8,10,12-18H2,1,3,5-7H3/t20?,21-,22+,23-,24-,25?,29?/m0/s1. The Labute approximate surface area is 227 Å². The second-order valence-corrected chi connectivity index (χ2v) is 12.8. The number of fused-ring (bicyclic) bond motifs is 1. The van der Waals surface area contributed by atoms with Crippen LogP contribution in [0.25, 0.3) is 0 Å². The molecule has 3 saturated heterocycles. The minimum Gasteiger partial charge on any atom is -0.394 e. The fourth-order valence-corrected chi connectivity index (χ4v) is 9.29. The van der Waals surface area contributed by atoms with E-state index in [1.165, 1.54) is 0 Å². The molecule has 3 unspecified atom stereocenters. The van der Waals surface area contributed by atoms with Crippen LogP contribution in [0.4, 0.5) is 0 Å². The first kappa shape index (κ1) is 29.8. The minimum atomic E-state index is -0.705. The molecular weight excluding hydrogens is 486 g/mol. The monoisotopic (exact) mass is 533 g/mol. The van der Waals surface area contributed by atoms with Crippen molar-refractivity contribution in [2.24, 2.45) is 23.7 Å². The maximum Gasteiger partial charge on any atom is 0.247 e. The smallest absolute Gasteiger partial charge is 0.247 e. The first-order valence-corrected chi connectivity index (χ1v) is 14.9. The first-order valence-electron chi connectivity index (χ1n) is 14.1. The predicted molar refractivity (Wildman–Crippen MR) is 150 cm³/mol. The number of hydrogen-bond donors (Lipinski definition) is 1. The van der Waals surface area contributed by atoms with Gasteiger partial charge in [0.2, 0.25) is 17.7 Å². The van der Waals surface area contributed by atoms with Crippen molar-refractivity contribution in [1.29, 1.82) is 0 Å². The van der Waals surface area contributed by atoms with Crippen molar-refractivity contribution >= 4 is 29.5 Å². The molecule has 2 bridgehead atoms. The van der Waals surface area contributed by atoms with Gasteiger partial charge in [0.1, 0.15) is 6.04 Å². The van der Waals surface area contributed by atoms with E-state index in [4.69, 9.17) is 0 Å². The maximum atomic E-state index is 14.4. The van der Waals surface area contributed by atoms with Gasteiger partial charge >= 0.3 is 0 Å². The summed E-state index contributed by atoms with van der Waals surface area (Å²) in [6.45, 7) is 19.8. The summed E-state index contributed by atoms with van der Waals surface area (Å²) in [6, 6.07) is -1.19. The molecule has 1 N–H and O–H groups in total. The molecule has 0 aromatic rings. The summed E-state index contributed by atoms with van der Waals surface area (Å²) in [5.41, 5.74) is 0. The Morgan fingerprint density at radius 1 is 1.14 bits per heavy atom. The van der Waals surface area contributed by atoms with Crippen LogP contribution in [0.15, 0.2) is 25.3 Å². The van der Waals surface area contributed by atoms with E-state index in [0.717, 1.165) is 25.7 Å². The molecule has 0 radical (unpaired) electrons. The van der Waals surface area contributed by atoms with Gasteiger partial charge in [0.05, 0.1) is 29.2 Å². The largest absolute Gasteiger partial charge is 0.394 e. The number of aliphatic hydroxyl groups excluding tert-OH is 1. The summed E-state index contributed by atoms with van der Waals surface area (Å²) in [6.07, 6.45) is 6.92. The zero-order valence-corrected chi connectivity index (χ0v) is 24.2. The van der Waals surface area contributed by atoms with Gasteiger partial charge < -0.3 is 19.8 Å². The summed E-state index contributed by atoms with van der Waals surface area (Å²) < 4.78 is -0.681. The van der Waals surface area contributed by atoms with Crippen LogP contribution < -0.4 is 0 Å². The number of unbranched alkanes of at least 4 members (excludes halogenated alkanes) is 1. The average Bonchev–Trinajstić information content (AvgIpc) is 3.45. The number of aliphatic hydroxyl groups is 1. The Hall–Kier alpha value is -1.80. The Bertz CT molecular complexity index is 879. The first-order chi connectivity index (χ1) is 17.7. The van der Waals surface area contributed by atoms with Gasteiger partial charge in [-0.15, -0.1) is 24.9 Å². The zero-order valence-electron chi connectivity index (χ0n) is 23.4. The van der Waals surface area contributed by atoms with E-state index in [2.05, 4.69) is 27.0 Å². The molecule has 3 amide bonds. The van der Waals surface area contributed by atoms with E-state index in [9.17, 15) is 19.5 Å². The lowest BCUT2D eigenvalue weighted by Gasteiger charge is -2.43. The van der Waals surface area contributed by atoms with E-state index in [0.29, 0.717) is 26.2 Å². The highest BCUT2D eigenvalue weighted by atomic mass is 32.2. The number of carbonyl (C=O) groups is 3. The van der Waals surface area contributed by atoms with Crippen LogP contribution in [0.2, 0.25) is 0 Å². The van der Waals surface area contributed by atoms with Crippen LogP contribution in [-0.4, -0.2) is 92.4 Å². The van der Waals surface area contributed by atoms with Crippen LogP contribution in [0, 0.1) is 23.7 Å². The second-order valence-electron chi connectivity index (χ2n) is 11.3. The third-order valence-electron chi connectivity index (χ3n) is 8.61. The van der Waals surface area contributed by atoms with E-state index in [-0.39, 0.29) is 41.4 Å². The van der Waals surface area contributed by atoms with Crippen molar-refractivity contribution in [3.63, 3.8) is 0 Å². The fraction of sp³-hybridized carbons (Fsp3) is 0.759. The van der Waals surface area contributed by atoms with Crippen molar-refractivity contribution in [2.45, 2.75) is 82.4 Å². The fourth-order valence-electron chi connectivity index (χ4n) is 6.90. The third-order valence-corrected chi connectivity index (χ3v) is 10.7. The van der Waals surface area contributed by atoms with Crippen molar-refractivity contribution in [3.05, 3.63) is 25.3 Å². The molecule has 3 aliphatic heterocycles. The average molecular weight is 534 g/mol. The summed E-state index contributed by atoms with van der Waals surface area (Å²) in [4.78, 5) is 48.1. The molecule has 3 fully saturated rings. The van der Waals surface area contributed by atoms with E-state index in [1.807, 2.05) is 30.6 Å². The van der Waals surface area contributed by atoms with Gasteiger partial charge in [0.15, 0.2) is 0 Å². The number of nitrogens with zero attached hydrogens (tertiary/aromatic N) is 3. The molecule has 7 nitrogen and oxygen atoms in total. The van der Waals surface area contributed by atoms with Gasteiger partial charge in [0, 0.05) is 31.4 Å². The predicted octanol–water partition coefficient (Wildman–Crippen LogP) is 3.58. The Balaban J connectivity index is 2.13. The highest BCUT2D eigenvalue weighted by Crippen LogP contribution is 2.69. The van der Waals surface area contributed by atoms with E-state index in [1.54, 1.807) is 28.8 Å². The van der Waals surface area contributed by atoms with Gasteiger partial charge in [-0.2, -0.15) is 0 Å². The molecule has 1 spiro atoms. The van der Waals surface area contributed by atoms with Crippen molar-refractivity contribution in [2.75, 3.05) is 32.8 Å². The van der Waals surface area contributed by atoms with E-state index < -0.39 is 28.7 Å². The molecule has 0 aromatic carbocycles. The Kier molecular flexibility index (Phi) is 9.95. The van der Waals surface area contributed by atoms with Gasteiger partial charge in [0.25, 0.3) is 0 Å². The van der Waals surface area contributed by atoms with Crippen molar-refractivity contribution < 1.29 is 19.5 Å².